The van der Waals surface area contributed by atoms with E-state index in [4.69, 9.17) is 18.9 Å². The van der Waals surface area contributed by atoms with E-state index < -0.39 is 24.0 Å². The van der Waals surface area contributed by atoms with Gasteiger partial charge >= 0.3 is 0 Å². The molecule has 19 heavy (non-hydrogen) atoms. The van der Waals surface area contributed by atoms with Gasteiger partial charge in [0.25, 0.3) is 0 Å². The van der Waals surface area contributed by atoms with Crippen LogP contribution in [0.5, 0.6) is 0 Å². The summed E-state index contributed by atoms with van der Waals surface area (Å²) in [5, 5.41) is 22.3. The van der Waals surface area contributed by atoms with Gasteiger partial charge in [-0.15, -0.1) is 0 Å². The van der Waals surface area contributed by atoms with Crippen LogP contribution in [0.25, 0.3) is 0 Å². The topological polar surface area (TPSA) is 89.4 Å². The van der Waals surface area contributed by atoms with Gasteiger partial charge in [0.05, 0.1) is 0 Å². The molecule has 0 saturated carbocycles. The summed E-state index contributed by atoms with van der Waals surface area (Å²) in [4.78, 5) is 0. The van der Waals surface area contributed by atoms with Gasteiger partial charge in [-0.05, 0) is 0 Å². The Balaban J connectivity index is 1.50. The first kappa shape index (κ1) is 12.5. The van der Waals surface area contributed by atoms with E-state index in [2.05, 4.69) is 5.32 Å². The minimum atomic E-state index is -0.763. The van der Waals surface area contributed by atoms with Crippen molar-refractivity contribution < 1.29 is 29.2 Å². The quantitative estimate of drug-likeness (QED) is 0.607. The van der Waals surface area contributed by atoms with E-state index in [0.717, 1.165) is 12.8 Å². The molecule has 4 heterocycles. The predicted molar refractivity (Wildman–Crippen MR) is 60.7 cm³/mol. The van der Waals surface area contributed by atoms with E-state index in [9.17, 15) is 10.2 Å². The van der Waals surface area contributed by atoms with E-state index in [0.29, 0.717) is 26.1 Å². The van der Waals surface area contributed by atoms with Crippen LogP contribution in [0.15, 0.2) is 0 Å². The number of hydrogen-bond acceptors (Lipinski definition) is 7. The highest BCUT2D eigenvalue weighted by atomic mass is 16.7. The van der Waals surface area contributed by atoms with Crippen LogP contribution in [0.1, 0.15) is 25.7 Å². The number of aliphatic hydroxyl groups excluding tert-OH is 2. The van der Waals surface area contributed by atoms with Crippen LogP contribution >= 0.6 is 0 Å². The summed E-state index contributed by atoms with van der Waals surface area (Å²) in [5.41, 5.74) is -1.42. The average molecular weight is 273 g/mol. The number of aliphatic hydroxyl groups is 2. The van der Waals surface area contributed by atoms with Gasteiger partial charge in [-0.3, -0.25) is 5.32 Å². The summed E-state index contributed by atoms with van der Waals surface area (Å²) >= 11 is 0. The largest absolute Gasteiger partial charge is 0.374 e. The standard InChI is InChI=1S/C12H19NO6/c14-9-5-11(18-9,7-1-3-16-7)13-12(6-10(15)19-12)8-2-4-17-8/h7-10,13-15H,1-6H2. The van der Waals surface area contributed by atoms with E-state index in [1.54, 1.807) is 0 Å². The molecule has 4 aliphatic rings. The summed E-state index contributed by atoms with van der Waals surface area (Å²) in [6, 6.07) is 0. The van der Waals surface area contributed by atoms with Crippen molar-refractivity contribution in [3.63, 3.8) is 0 Å². The van der Waals surface area contributed by atoms with Crippen molar-refractivity contribution in [2.24, 2.45) is 0 Å². The van der Waals surface area contributed by atoms with Gasteiger partial charge in [0.2, 0.25) is 0 Å². The fourth-order valence-corrected chi connectivity index (χ4v) is 3.29. The monoisotopic (exact) mass is 273 g/mol. The lowest BCUT2D eigenvalue weighted by Crippen LogP contribution is -2.80. The van der Waals surface area contributed by atoms with Crippen molar-refractivity contribution >= 4 is 0 Å². The minimum Gasteiger partial charge on any atom is -0.374 e. The number of ether oxygens (including phenoxy) is 4. The first-order chi connectivity index (χ1) is 9.12. The lowest BCUT2D eigenvalue weighted by atomic mass is 9.85. The van der Waals surface area contributed by atoms with E-state index >= 15 is 0 Å². The van der Waals surface area contributed by atoms with Crippen molar-refractivity contribution in [1.82, 2.24) is 5.32 Å². The number of rotatable bonds is 4. The highest BCUT2D eigenvalue weighted by Crippen LogP contribution is 2.45. The Morgan fingerprint density at radius 2 is 1.21 bits per heavy atom. The summed E-state index contributed by atoms with van der Waals surface area (Å²) in [6.07, 6.45) is 1.04. The molecule has 0 aromatic carbocycles. The second-order valence-electron chi connectivity index (χ2n) is 5.75. The van der Waals surface area contributed by atoms with Crippen LogP contribution < -0.4 is 5.32 Å². The smallest absolute Gasteiger partial charge is 0.161 e. The molecule has 0 aromatic rings. The normalized spacial score (nSPS) is 56.5. The highest BCUT2D eigenvalue weighted by molar-refractivity contribution is 5.07. The molecule has 0 bridgehead atoms. The average Bonchev–Trinajstić information content (AvgIpc) is 2.06. The Labute approximate surface area is 110 Å². The summed E-state index contributed by atoms with van der Waals surface area (Å²) in [7, 11) is 0. The lowest BCUT2D eigenvalue weighted by molar-refractivity contribution is -0.414. The SMILES string of the molecule is OC1CC(NC2(C3CCO3)CC(O)O2)(C2CCO2)O1. The van der Waals surface area contributed by atoms with Crippen LogP contribution in [0.2, 0.25) is 0 Å². The van der Waals surface area contributed by atoms with Gasteiger partial charge in [-0.2, -0.15) is 0 Å². The lowest BCUT2D eigenvalue weighted by Gasteiger charge is -2.61. The van der Waals surface area contributed by atoms with Crippen LogP contribution in [-0.2, 0) is 18.9 Å². The first-order valence-electron chi connectivity index (χ1n) is 6.86. The molecule has 0 radical (unpaired) electrons. The van der Waals surface area contributed by atoms with Crippen molar-refractivity contribution in [2.45, 2.75) is 61.9 Å². The van der Waals surface area contributed by atoms with Gasteiger partial charge in [0, 0.05) is 38.9 Å². The van der Waals surface area contributed by atoms with Crippen molar-refractivity contribution in [3.8, 4) is 0 Å². The van der Waals surface area contributed by atoms with Crippen LogP contribution in [0.3, 0.4) is 0 Å². The Morgan fingerprint density at radius 3 is 1.42 bits per heavy atom. The zero-order chi connectivity index (χ0) is 13.1. The number of hydrogen-bond donors (Lipinski definition) is 3. The Hall–Kier alpha value is -0.280. The third-order valence-corrected chi connectivity index (χ3v) is 4.51. The molecular weight excluding hydrogens is 254 g/mol. The maximum absolute atomic E-state index is 9.46. The molecule has 7 heteroatoms. The molecule has 3 N–H and O–H groups in total. The molecule has 0 aromatic heterocycles. The van der Waals surface area contributed by atoms with Crippen LogP contribution in [0.4, 0.5) is 0 Å². The predicted octanol–water partition coefficient (Wildman–Crippen LogP) is -0.976. The molecular formula is C12H19NO6. The Kier molecular flexibility index (Phi) is 2.69. The third-order valence-electron chi connectivity index (χ3n) is 4.51. The van der Waals surface area contributed by atoms with Gasteiger partial charge in [0.15, 0.2) is 24.0 Å². The fourth-order valence-electron chi connectivity index (χ4n) is 3.29. The molecule has 7 nitrogen and oxygen atoms in total. The first-order valence-corrected chi connectivity index (χ1v) is 6.86. The second-order valence-corrected chi connectivity index (χ2v) is 5.75. The zero-order valence-corrected chi connectivity index (χ0v) is 10.6. The molecule has 6 unspecified atom stereocenters. The van der Waals surface area contributed by atoms with Gasteiger partial charge in [-0.25, -0.2) is 0 Å². The van der Waals surface area contributed by atoms with Crippen molar-refractivity contribution in [1.29, 1.82) is 0 Å². The van der Waals surface area contributed by atoms with Gasteiger partial charge in [0.1, 0.15) is 12.2 Å². The maximum atomic E-state index is 9.46. The molecule has 4 fully saturated rings. The van der Waals surface area contributed by atoms with Crippen molar-refractivity contribution in [3.05, 3.63) is 0 Å². The highest BCUT2D eigenvalue weighted by Gasteiger charge is 2.63. The molecule has 6 atom stereocenters. The Morgan fingerprint density at radius 1 is 0.842 bits per heavy atom. The Bertz CT molecular complexity index is 323. The van der Waals surface area contributed by atoms with Crippen LogP contribution in [0, 0.1) is 0 Å². The van der Waals surface area contributed by atoms with E-state index in [1.807, 2.05) is 0 Å². The van der Waals surface area contributed by atoms with E-state index in [-0.39, 0.29) is 12.2 Å². The van der Waals surface area contributed by atoms with E-state index in [1.165, 1.54) is 0 Å². The summed E-state index contributed by atoms with van der Waals surface area (Å²) in [6.45, 7) is 1.42. The summed E-state index contributed by atoms with van der Waals surface area (Å²) in [5.74, 6) is 0. The molecule has 4 saturated heterocycles. The fraction of sp³-hybridized carbons (Fsp3) is 1.00. The zero-order valence-electron chi connectivity index (χ0n) is 10.6. The maximum Gasteiger partial charge on any atom is 0.161 e. The van der Waals surface area contributed by atoms with Crippen molar-refractivity contribution in [2.75, 3.05) is 13.2 Å². The third kappa shape index (κ3) is 1.77. The molecule has 4 rings (SSSR count). The minimum absolute atomic E-state index is 0.0748. The molecule has 108 valence electrons. The molecule has 0 spiro atoms. The molecule has 0 aliphatic carbocycles. The van der Waals surface area contributed by atoms with Gasteiger partial charge < -0.3 is 29.2 Å². The second kappa shape index (κ2) is 4.11. The number of nitrogens with one attached hydrogen (secondary N) is 1. The molecule has 0 amide bonds. The van der Waals surface area contributed by atoms with Gasteiger partial charge in [-0.1, -0.05) is 0 Å². The molecule has 4 aliphatic heterocycles. The summed E-state index contributed by atoms with van der Waals surface area (Å²) < 4.78 is 22.0. The van der Waals surface area contributed by atoms with Crippen LogP contribution in [-0.4, -0.2) is 59.7 Å².